The normalized spacial score (nSPS) is 23.2. The first-order valence-corrected chi connectivity index (χ1v) is 6.78. The monoisotopic (exact) mass is 264 g/mol. The number of nitrogens with two attached hydrogens (primary N) is 1. The van der Waals surface area contributed by atoms with Gasteiger partial charge in [-0.1, -0.05) is 6.07 Å². The predicted octanol–water partition coefficient (Wildman–Crippen LogP) is 2.48. The fraction of sp³-hybridized carbons (Fsp3) is 0.533. The molecule has 0 aromatic heterocycles. The molecule has 1 aliphatic carbocycles. The zero-order chi connectivity index (χ0) is 14.0. The van der Waals surface area contributed by atoms with Gasteiger partial charge in [-0.2, -0.15) is 0 Å². The summed E-state index contributed by atoms with van der Waals surface area (Å²) in [5, 5.41) is 0. The second kappa shape index (κ2) is 5.70. The van der Waals surface area contributed by atoms with Crippen LogP contribution >= 0.6 is 0 Å². The Bertz CT molecular complexity index is 467. The fourth-order valence-corrected chi connectivity index (χ4v) is 2.64. The average molecular weight is 264 g/mol. The molecule has 0 atom stereocenters. The fourth-order valence-electron chi connectivity index (χ4n) is 2.64. The predicted molar refractivity (Wildman–Crippen MR) is 73.5 cm³/mol. The molecule has 0 spiro atoms. The van der Waals surface area contributed by atoms with Crippen LogP contribution < -0.4 is 5.73 Å². The molecule has 0 heterocycles. The highest BCUT2D eigenvalue weighted by Crippen LogP contribution is 2.23. The van der Waals surface area contributed by atoms with Crippen LogP contribution in [0.3, 0.4) is 0 Å². The van der Waals surface area contributed by atoms with E-state index < -0.39 is 5.82 Å². The second-order valence-electron chi connectivity index (χ2n) is 5.47. The minimum Gasteiger partial charge on any atom is -0.339 e. The number of hydrogen-bond donors (Lipinski definition) is 1. The van der Waals surface area contributed by atoms with E-state index in [0.29, 0.717) is 0 Å². The van der Waals surface area contributed by atoms with Crippen molar-refractivity contribution in [3.8, 4) is 0 Å². The lowest BCUT2D eigenvalue weighted by Gasteiger charge is -2.33. The Morgan fingerprint density at radius 1 is 1.32 bits per heavy atom. The molecule has 3 nitrogen and oxygen atoms in total. The van der Waals surface area contributed by atoms with E-state index in [2.05, 4.69) is 0 Å². The summed E-state index contributed by atoms with van der Waals surface area (Å²) in [5.74, 6) is -0.678. The van der Waals surface area contributed by atoms with Crippen molar-refractivity contribution >= 4 is 5.91 Å². The van der Waals surface area contributed by atoms with E-state index in [0.717, 1.165) is 31.2 Å². The van der Waals surface area contributed by atoms with E-state index in [1.54, 1.807) is 24.1 Å². The lowest BCUT2D eigenvalue weighted by atomic mass is 9.90. The first-order valence-electron chi connectivity index (χ1n) is 6.78. The van der Waals surface area contributed by atoms with Gasteiger partial charge >= 0.3 is 0 Å². The molecule has 1 aliphatic rings. The molecule has 4 heteroatoms. The van der Waals surface area contributed by atoms with Crippen molar-refractivity contribution < 1.29 is 9.18 Å². The van der Waals surface area contributed by atoms with Crippen LogP contribution in [0.15, 0.2) is 18.2 Å². The van der Waals surface area contributed by atoms with E-state index in [1.807, 2.05) is 6.92 Å². The molecule has 1 aromatic carbocycles. The number of nitrogens with zero attached hydrogens (tertiary/aromatic N) is 1. The Morgan fingerprint density at radius 2 is 1.95 bits per heavy atom. The van der Waals surface area contributed by atoms with Gasteiger partial charge in [-0.15, -0.1) is 0 Å². The van der Waals surface area contributed by atoms with Gasteiger partial charge in [-0.3, -0.25) is 4.79 Å². The van der Waals surface area contributed by atoms with E-state index in [-0.39, 0.29) is 23.6 Å². The maximum absolute atomic E-state index is 13.8. The minimum atomic E-state index is -0.440. The van der Waals surface area contributed by atoms with Crippen molar-refractivity contribution in [2.45, 2.75) is 44.7 Å². The Hall–Kier alpha value is -1.42. The number of carbonyl (C=O) groups excluding carboxylic acids is 1. The summed E-state index contributed by atoms with van der Waals surface area (Å²) >= 11 is 0. The molecule has 0 bridgehead atoms. The van der Waals surface area contributed by atoms with E-state index in [1.165, 1.54) is 6.07 Å². The van der Waals surface area contributed by atoms with Crippen LogP contribution in [0.2, 0.25) is 0 Å². The summed E-state index contributed by atoms with van der Waals surface area (Å²) in [6.07, 6.45) is 3.66. The zero-order valence-corrected chi connectivity index (χ0v) is 11.5. The van der Waals surface area contributed by atoms with Crippen LogP contribution in [-0.2, 0) is 0 Å². The topological polar surface area (TPSA) is 46.3 Å². The van der Waals surface area contributed by atoms with Gasteiger partial charge in [0, 0.05) is 19.1 Å². The maximum Gasteiger partial charge on any atom is 0.256 e. The van der Waals surface area contributed by atoms with Crippen LogP contribution in [0.4, 0.5) is 4.39 Å². The van der Waals surface area contributed by atoms with Crippen molar-refractivity contribution in [2.24, 2.45) is 5.73 Å². The lowest BCUT2D eigenvalue weighted by molar-refractivity contribution is 0.0685. The number of hydrogen-bond acceptors (Lipinski definition) is 2. The molecular formula is C15H21FN2O. The Balaban J connectivity index is 2.10. The van der Waals surface area contributed by atoms with Gasteiger partial charge < -0.3 is 10.6 Å². The number of carbonyl (C=O) groups is 1. The average Bonchev–Trinajstić information content (AvgIpc) is 2.38. The third-order valence-corrected chi connectivity index (χ3v) is 3.96. The van der Waals surface area contributed by atoms with Crippen molar-refractivity contribution in [3.63, 3.8) is 0 Å². The summed E-state index contributed by atoms with van der Waals surface area (Å²) in [4.78, 5) is 14.0. The highest BCUT2D eigenvalue weighted by atomic mass is 19.1. The van der Waals surface area contributed by atoms with Gasteiger partial charge in [0.15, 0.2) is 0 Å². The molecule has 2 rings (SSSR count). The quantitative estimate of drug-likeness (QED) is 0.892. The number of halogens is 1. The van der Waals surface area contributed by atoms with Gasteiger partial charge in [-0.05, 0) is 50.3 Å². The molecule has 0 aliphatic heterocycles. The van der Waals surface area contributed by atoms with Crippen LogP contribution in [0.1, 0.15) is 41.6 Å². The standard InChI is InChI=1S/C15H21FN2O/c1-10-3-8-13(14(16)9-10)15(19)18(2)12-6-4-11(17)5-7-12/h3,8-9,11-12H,4-7,17H2,1-2H3. The molecular weight excluding hydrogens is 243 g/mol. The molecule has 2 N–H and O–H groups in total. The number of amides is 1. The van der Waals surface area contributed by atoms with Crippen molar-refractivity contribution in [1.29, 1.82) is 0 Å². The van der Waals surface area contributed by atoms with E-state index in [9.17, 15) is 9.18 Å². The second-order valence-corrected chi connectivity index (χ2v) is 5.47. The third kappa shape index (κ3) is 3.13. The highest BCUT2D eigenvalue weighted by molar-refractivity contribution is 5.94. The van der Waals surface area contributed by atoms with Crippen LogP contribution in [-0.4, -0.2) is 29.9 Å². The molecule has 19 heavy (non-hydrogen) atoms. The third-order valence-electron chi connectivity index (χ3n) is 3.96. The summed E-state index contributed by atoms with van der Waals surface area (Å²) < 4.78 is 13.8. The lowest BCUT2D eigenvalue weighted by Crippen LogP contribution is -2.42. The summed E-state index contributed by atoms with van der Waals surface area (Å²) in [6, 6.07) is 5.15. The SMILES string of the molecule is Cc1ccc(C(=O)N(C)C2CCC(N)CC2)c(F)c1. The van der Waals surface area contributed by atoms with E-state index in [4.69, 9.17) is 5.73 Å². The first kappa shape index (κ1) is 14.0. The molecule has 1 amide bonds. The molecule has 1 fully saturated rings. The molecule has 0 saturated heterocycles. The molecule has 0 radical (unpaired) electrons. The van der Waals surface area contributed by atoms with Crippen LogP contribution in [0.25, 0.3) is 0 Å². The molecule has 1 aromatic rings. The number of benzene rings is 1. The van der Waals surface area contributed by atoms with Crippen molar-refractivity contribution in [1.82, 2.24) is 4.90 Å². The van der Waals surface area contributed by atoms with Gasteiger partial charge in [0.05, 0.1) is 5.56 Å². The Morgan fingerprint density at radius 3 is 2.53 bits per heavy atom. The Kier molecular flexibility index (Phi) is 4.20. The van der Waals surface area contributed by atoms with Crippen LogP contribution in [0.5, 0.6) is 0 Å². The molecule has 0 unspecified atom stereocenters. The Labute approximate surface area is 113 Å². The largest absolute Gasteiger partial charge is 0.339 e. The minimum absolute atomic E-state index is 0.156. The van der Waals surface area contributed by atoms with Gasteiger partial charge in [-0.25, -0.2) is 4.39 Å². The number of aryl methyl sites for hydroxylation is 1. The zero-order valence-electron chi connectivity index (χ0n) is 11.5. The summed E-state index contributed by atoms with van der Waals surface area (Å²) in [6.45, 7) is 1.81. The van der Waals surface area contributed by atoms with Gasteiger partial charge in [0.25, 0.3) is 5.91 Å². The number of rotatable bonds is 2. The van der Waals surface area contributed by atoms with E-state index >= 15 is 0 Å². The highest BCUT2D eigenvalue weighted by Gasteiger charge is 2.26. The maximum atomic E-state index is 13.8. The summed E-state index contributed by atoms with van der Waals surface area (Å²) in [5.41, 5.74) is 6.84. The van der Waals surface area contributed by atoms with Crippen molar-refractivity contribution in [2.75, 3.05) is 7.05 Å². The molecule has 1 saturated carbocycles. The summed E-state index contributed by atoms with van der Waals surface area (Å²) in [7, 11) is 1.75. The first-order chi connectivity index (χ1) is 8.99. The molecule has 104 valence electrons. The smallest absolute Gasteiger partial charge is 0.256 e. The van der Waals surface area contributed by atoms with Gasteiger partial charge in [0.2, 0.25) is 0 Å². The van der Waals surface area contributed by atoms with Crippen molar-refractivity contribution in [3.05, 3.63) is 35.1 Å². The van der Waals surface area contributed by atoms with Crippen LogP contribution in [0, 0.1) is 12.7 Å². The van der Waals surface area contributed by atoms with Gasteiger partial charge in [0.1, 0.15) is 5.82 Å².